The van der Waals surface area contributed by atoms with Gasteiger partial charge in [0.1, 0.15) is 17.5 Å². The summed E-state index contributed by atoms with van der Waals surface area (Å²) in [6.07, 6.45) is 9.25. The molecule has 0 saturated carbocycles. The van der Waals surface area contributed by atoms with E-state index in [-0.39, 0.29) is 5.91 Å². The Morgan fingerprint density at radius 1 is 1.14 bits per heavy atom. The Balaban J connectivity index is 1.82. The van der Waals surface area contributed by atoms with Crippen LogP contribution >= 0.6 is 0 Å². The number of pyridine rings is 2. The lowest BCUT2D eigenvalue weighted by molar-refractivity contribution is 0.0797. The summed E-state index contributed by atoms with van der Waals surface area (Å²) in [6.45, 7) is 6.14. The summed E-state index contributed by atoms with van der Waals surface area (Å²) < 4.78 is 0. The van der Waals surface area contributed by atoms with Crippen LogP contribution in [0.25, 0.3) is 11.1 Å². The van der Waals surface area contributed by atoms with Gasteiger partial charge in [0.25, 0.3) is 5.91 Å². The van der Waals surface area contributed by atoms with Gasteiger partial charge >= 0.3 is 0 Å². The molecule has 28 heavy (non-hydrogen) atoms. The highest BCUT2D eigenvalue weighted by Gasteiger charge is 2.13. The van der Waals surface area contributed by atoms with E-state index in [1.165, 1.54) is 0 Å². The number of hydrogen-bond acceptors (Lipinski definition) is 6. The maximum atomic E-state index is 12.6. The minimum atomic E-state index is -0.0694. The van der Waals surface area contributed by atoms with Crippen LogP contribution < -0.4 is 5.32 Å². The van der Waals surface area contributed by atoms with Crippen molar-refractivity contribution in [2.45, 2.75) is 13.3 Å². The molecule has 3 aromatic rings. The molecule has 0 aromatic carbocycles. The number of carbonyl (C=O) groups is 1. The molecule has 0 atom stereocenters. The first-order valence-corrected chi connectivity index (χ1v) is 8.91. The molecular formula is C21H22N6O. The third kappa shape index (κ3) is 4.76. The zero-order valence-corrected chi connectivity index (χ0v) is 16.0. The van der Waals surface area contributed by atoms with Crippen molar-refractivity contribution in [3.05, 3.63) is 73.1 Å². The van der Waals surface area contributed by atoms with E-state index in [1.54, 1.807) is 48.9 Å². The molecule has 142 valence electrons. The van der Waals surface area contributed by atoms with Gasteiger partial charge in [0.2, 0.25) is 0 Å². The van der Waals surface area contributed by atoms with Crippen molar-refractivity contribution in [1.29, 1.82) is 0 Å². The van der Waals surface area contributed by atoms with Crippen LogP contribution in [0.15, 0.2) is 61.7 Å². The number of aryl methyl sites for hydroxylation is 1. The van der Waals surface area contributed by atoms with E-state index in [4.69, 9.17) is 0 Å². The smallest absolute Gasteiger partial charge is 0.255 e. The van der Waals surface area contributed by atoms with E-state index >= 15 is 0 Å². The minimum Gasteiger partial charge on any atom is -0.341 e. The molecule has 1 amide bonds. The standard InChI is InChI=1S/C21H22N6O/c1-4-5-10-27(3)21(28)18-11-17(13-22-14-18)16-6-8-24-20(12-16)26-19-7-9-23-15(2)25-19/h4,6-9,11-14H,1,5,10H2,2-3H3,(H,23,24,25,26). The fourth-order valence-corrected chi connectivity index (χ4v) is 2.66. The number of rotatable bonds is 7. The molecule has 7 nitrogen and oxygen atoms in total. The topological polar surface area (TPSA) is 83.9 Å². The van der Waals surface area contributed by atoms with E-state index in [0.717, 1.165) is 17.5 Å². The van der Waals surface area contributed by atoms with E-state index in [0.29, 0.717) is 29.6 Å². The van der Waals surface area contributed by atoms with Gasteiger partial charge in [0.05, 0.1) is 5.56 Å². The average Bonchev–Trinajstić information content (AvgIpc) is 2.72. The monoisotopic (exact) mass is 374 g/mol. The van der Waals surface area contributed by atoms with Gasteiger partial charge in [0, 0.05) is 43.9 Å². The Morgan fingerprint density at radius 3 is 2.75 bits per heavy atom. The molecule has 3 heterocycles. The molecule has 0 spiro atoms. The Morgan fingerprint density at radius 2 is 1.96 bits per heavy atom. The number of nitrogens with zero attached hydrogens (tertiary/aromatic N) is 5. The van der Waals surface area contributed by atoms with Gasteiger partial charge in [-0.1, -0.05) is 6.08 Å². The zero-order chi connectivity index (χ0) is 19.9. The molecule has 0 fully saturated rings. The van der Waals surface area contributed by atoms with Crippen molar-refractivity contribution in [3.63, 3.8) is 0 Å². The summed E-state index contributed by atoms with van der Waals surface area (Å²) >= 11 is 0. The molecule has 0 radical (unpaired) electrons. The van der Waals surface area contributed by atoms with Crippen LogP contribution in [0.4, 0.5) is 11.6 Å². The van der Waals surface area contributed by atoms with Crippen LogP contribution in [0.1, 0.15) is 22.6 Å². The number of nitrogens with one attached hydrogen (secondary N) is 1. The van der Waals surface area contributed by atoms with E-state index in [1.807, 2.05) is 25.1 Å². The zero-order valence-electron chi connectivity index (χ0n) is 16.0. The number of hydrogen-bond donors (Lipinski definition) is 1. The highest BCUT2D eigenvalue weighted by Crippen LogP contribution is 2.23. The van der Waals surface area contributed by atoms with Crippen molar-refractivity contribution in [2.75, 3.05) is 18.9 Å². The minimum absolute atomic E-state index is 0.0694. The Bertz CT molecular complexity index is 988. The molecule has 1 N–H and O–H groups in total. The van der Waals surface area contributed by atoms with Crippen LogP contribution in [0.3, 0.4) is 0 Å². The lowest BCUT2D eigenvalue weighted by Gasteiger charge is -2.16. The molecule has 0 bridgehead atoms. The molecular weight excluding hydrogens is 352 g/mol. The molecule has 7 heteroatoms. The largest absolute Gasteiger partial charge is 0.341 e. The first-order valence-electron chi connectivity index (χ1n) is 8.91. The quantitative estimate of drug-likeness (QED) is 0.636. The Kier molecular flexibility index (Phi) is 6.06. The van der Waals surface area contributed by atoms with Gasteiger partial charge in [-0.2, -0.15) is 0 Å². The molecule has 0 unspecified atom stereocenters. The summed E-state index contributed by atoms with van der Waals surface area (Å²) in [7, 11) is 1.77. The van der Waals surface area contributed by atoms with E-state index in [2.05, 4.69) is 31.8 Å². The summed E-state index contributed by atoms with van der Waals surface area (Å²) in [5.74, 6) is 1.93. The highest BCUT2D eigenvalue weighted by atomic mass is 16.2. The first-order chi connectivity index (χ1) is 13.6. The summed E-state index contributed by atoms with van der Waals surface area (Å²) in [6, 6.07) is 7.39. The van der Waals surface area contributed by atoms with Gasteiger partial charge in [0.15, 0.2) is 0 Å². The van der Waals surface area contributed by atoms with Gasteiger partial charge in [-0.25, -0.2) is 15.0 Å². The van der Waals surface area contributed by atoms with Crippen LogP contribution in [0.5, 0.6) is 0 Å². The van der Waals surface area contributed by atoms with Crippen molar-refractivity contribution in [2.24, 2.45) is 0 Å². The molecule has 0 saturated heterocycles. The molecule has 0 aliphatic heterocycles. The fraction of sp³-hybridized carbons (Fsp3) is 0.190. The fourth-order valence-electron chi connectivity index (χ4n) is 2.66. The summed E-state index contributed by atoms with van der Waals surface area (Å²) in [5.41, 5.74) is 2.29. The van der Waals surface area contributed by atoms with Crippen molar-refractivity contribution in [3.8, 4) is 11.1 Å². The SMILES string of the molecule is C=CCCN(C)C(=O)c1cncc(-c2ccnc(Nc3ccnc(C)n3)c2)c1. The van der Waals surface area contributed by atoms with E-state index < -0.39 is 0 Å². The Labute approximate surface area is 164 Å². The van der Waals surface area contributed by atoms with Gasteiger partial charge < -0.3 is 10.2 Å². The normalized spacial score (nSPS) is 10.4. The number of aromatic nitrogens is 4. The third-order valence-corrected chi connectivity index (χ3v) is 4.13. The van der Waals surface area contributed by atoms with Crippen LogP contribution in [0, 0.1) is 6.92 Å². The molecule has 0 aliphatic rings. The lowest BCUT2D eigenvalue weighted by Crippen LogP contribution is -2.27. The maximum Gasteiger partial charge on any atom is 0.255 e. The predicted octanol–water partition coefficient (Wildman–Crippen LogP) is 3.63. The highest BCUT2D eigenvalue weighted by molar-refractivity contribution is 5.95. The van der Waals surface area contributed by atoms with Gasteiger partial charge in [-0.15, -0.1) is 6.58 Å². The van der Waals surface area contributed by atoms with Gasteiger partial charge in [-0.05, 0) is 43.2 Å². The van der Waals surface area contributed by atoms with Crippen LogP contribution in [0.2, 0.25) is 0 Å². The van der Waals surface area contributed by atoms with Gasteiger partial charge in [-0.3, -0.25) is 9.78 Å². The number of amides is 1. The number of carbonyl (C=O) groups excluding carboxylic acids is 1. The maximum absolute atomic E-state index is 12.6. The van der Waals surface area contributed by atoms with Crippen LogP contribution in [-0.4, -0.2) is 44.3 Å². The molecule has 3 aromatic heterocycles. The summed E-state index contributed by atoms with van der Waals surface area (Å²) in [5, 5.41) is 3.17. The number of anilines is 2. The third-order valence-electron chi connectivity index (χ3n) is 4.13. The van der Waals surface area contributed by atoms with Crippen molar-refractivity contribution < 1.29 is 4.79 Å². The molecule has 3 rings (SSSR count). The van der Waals surface area contributed by atoms with Crippen molar-refractivity contribution >= 4 is 17.5 Å². The second kappa shape index (κ2) is 8.85. The summed E-state index contributed by atoms with van der Waals surface area (Å²) in [4.78, 5) is 31.2. The van der Waals surface area contributed by atoms with E-state index in [9.17, 15) is 4.79 Å². The van der Waals surface area contributed by atoms with Crippen LogP contribution in [-0.2, 0) is 0 Å². The average molecular weight is 374 g/mol. The lowest BCUT2D eigenvalue weighted by atomic mass is 10.1. The predicted molar refractivity (Wildman–Crippen MR) is 109 cm³/mol. The second-order valence-electron chi connectivity index (χ2n) is 6.31. The van der Waals surface area contributed by atoms with Crippen molar-refractivity contribution in [1.82, 2.24) is 24.8 Å². The Hall–Kier alpha value is -3.61. The second-order valence-corrected chi connectivity index (χ2v) is 6.31. The molecule has 0 aliphatic carbocycles. The first kappa shape index (κ1) is 19.2.